The van der Waals surface area contributed by atoms with Crippen LogP contribution in [0.1, 0.15) is 31.3 Å². The number of carbonyl (C=O) groups is 2. The summed E-state index contributed by atoms with van der Waals surface area (Å²) in [6.45, 7) is 5.66. The van der Waals surface area contributed by atoms with Crippen LogP contribution in [0.5, 0.6) is 0 Å². The molecule has 0 atom stereocenters. The molecule has 23 heavy (non-hydrogen) atoms. The van der Waals surface area contributed by atoms with E-state index in [4.69, 9.17) is 4.42 Å². The highest BCUT2D eigenvalue weighted by atomic mass is 16.3. The SMILES string of the molecule is CN(CC(=O)NC(C)(C)C)C(=O)c1occc1-c1ccccc1. The lowest BCUT2D eigenvalue weighted by Gasteiger charge is -2.23. The van der Waals surface area contributed by atoms with E-state index in [-0.39, 0.29) is 29.7 Å². The minimum absolute atomic E-state index is 0.0228. The number of hydrogen-bond acceptors (Lipinski definition) is 3. The van der Waals surface area contributed by atoms with Crippen molar-refractivity contribution in [2.75, 3.05) is 13.6 Å². The van der Waals surface area contributed by atoms with Gasteiger partial charge in [-0.1, -0.05) is 30.3 Å². The van der Waals surface area contributed by atoms with Crippen molar-refractivity contribution in [1.29, 1.82) is 0 Å². The highest BCUT2D eigenvalue weighted by molar-refractivity contribution is 5.99. The zero-order valence-electron chi connectivity index (χ0n) is 13.9. The van der Waals surface area contributed by atoms with Crippen LogP contribution >= 0.6 is 0 Å². The number of nitrogens with one attached hydrogen (secondary N) is 1. The number of carbonyl (C=O) groups excluding carboxylic acids is 2. The first-order valence-electron chi connectivity index (χ1n) is 7.47. The molecule has 1 aromatic heterocycles. The number of benzene rings is 1. The maximum absolute atomic E-state index is 12.6. The lowest BCUT2D eigenvalue weighted by Crippen LogP contribution is -2.46. The highest BCUT2D eigenvalue weighted by Gasteiger charge is 2.23. The second kappa shape index (κ2) is 6.69. The summed E-state index contributed by atoms with van der Waals surface area (Å²) >= 11 is 0. The van der Waals surface area contributed by atoms with Crippen molar-refractivity contribution >= 4 is 11.8 Å². The van der Waals surface area contributed by atoms with Gasteiger partial charge in [0, 0.05) is 18.2 Å². The molecular weight excluding hydrogens is 292 g/mol. The first-order valence-corrected chi connectivity index (χ1v) is 7.47. The Morgan fingerprint density at radius 1 is 1.13 bits per heavy atom. The monoisotopic (exact) mass is 314 g/mol. The van der Waals surface area contributed by atoms with E-state index < -0.39 is 0 Å². The van der Waals surface area contributed by atoms with E-state index >= 15 is 0 Å². The standard InChI is InChI=1S/C18H22N2O3/c1-18(2,3)19-15(21)12-20(4)17(22)16-14(10-11-23-16)13-8-6-5-7-9-13/h5-11H,12H2,1-4H3,(H,19,21). The van der Waals surface area contributed by atoms with E-state index in [1.54, 1.807) is 13.1 Å². The van der Waals surface area contributed by atoms with Crippen LogP contribution in [0.15, 0.2) is 47.1 Å². The van der Waals surface area contributed by atoms with Gasteiger partial charge in [0.25, 0.3) is 5.91 Å². The van der Waals surface area contributed by atoms with E-state index in [9.17, 15) is 9.59 Å². The van der Waals surface area contributed by atoms with Gasteiger partial charge in [0.2, 0.25) is 5.91 Å². The highest BCUT2D eigenvalue weighted by Crippen LogP contribution is 2.25. The first kappa shape index (κ1) is 16.8. The van der Waals surface area contributed by atoms with Gasteiger partial charge in [-0.05, 0) is 32.4 Å². The van der Waals surface area contributed by atoms with Gasteiger partial charge in [0.05, 0.1) is 12.8 Å². The van der Waals surface area contributed by atoms with Crippen LogP contribution in [0.25, 0.3) is 11.1 Å². The molecule has 5 heteroatoms. The molecular formula is C18H22N2O3. The predicted octanol–water partition coefficient (Wildman–Crippen LogP) is 2.93. The summed E-state index contributed by atoms with van der Waals surface area (Å²) < 4.78 is 5.36. The fourth-order valence-corrected chi connectivity index (χ4v) is 2.24. The fraction of sp³-hybridized carbons (Fsp3) is 0.333. The van der Waals surface area contributed by atoms with Gasteiger partial charge >= 0.3 is 0 Å². The molecule has 0 aliphatic heterocycles. The Kier molecular flexibility index (Phi) is 4.89. The van der Waals surface area contributed by atoms with Gasteiger partial charge in [0.15, 0.2) is 5.76 Å². The Balaban J connectivity index is 2.12. The average Bonchev–Trinajstić information content (AvgIpc) is 2.94. The Bertz CT molecular complexity index is 684. The van der Waals surface area contributed by atoms with Crippen molar-refractivity contribution < 1.29 is 14.0 Å². The van der Waals surface area contributed by atoms with E-state index in [1.165, 1.54) is 11.2 Å². The number of amides is 2. The number of rotatable bonds is 4. The Morgan fingerprint density at radius 2 is 1.78 bits per heavy atom. The molecule has 0 saturated heterocycles. The smallest absolute Gasteiger partial charge is 0.290 e. The molecule has 0 bridgehead atoms. The molecule has 2 rings (SSSR count). The Morgan fingerprint density at radius 3 is 2.39 bits per heavy atom. The van der Waals surface area contributed by atoms with Gasteiger partial charge in [-0.2, -0.15) is 0 Å². The lowest BCUT2D eigenvalue weighted by atomic mass is 10.1. The van der Waals surface area contributed by atoms with Gasteiger partial charge in [-0.25, -0.2) is 0 Å². The predicted molar refractivity (Wildman–Crippen MR) is 89.0 cm³/mol. The molecule has 0 spiro atoms. The maximum Gasteiger partial charge on any atom is 0.290 e. The first-order chi connectivity index (χ1) is 10.8. The molecule has 1 heterocycles. The van der Waals surface area contributed by atoms with Crippen molar-refractivity contribution in [1.82, 2.24) is 10.2 Å². The zero-order valence-corrected chi connectivity index (χ0v) is 13.9. The molecule has 5 nitrogen and oxygen atoms in total. The zero-order chi connectivity index (χ0) is 17.0. The minimum Gasteiger partial charge on any atom is -0.459 e. The number of furan rings is 1. The van der Waals surface area contributed by atoms with Crippen LogP contribution in [0.3, 0.4) is 0 Å². The number of nitrogens with zero attached hydrogens (tertiary/aromatic N) is 1. The number of hydrogen-bond donors (Lipinski definition) is 1. The van der Waals surface area contributed by atoms with E-state index in [0.29, 0.717) is 0 Å². The van der Waals surface area contributed by atoms with Gasteiger partial charge < -0.3 is 14.6 Å². The molecule has 0 radical (unpaired) electrons. The van der Waals surface area contributed by atoms with E-state index in [1.807, 2.05) is 51.1 Å². The van der Waals surface area contributed by atoms with Crippen molar-refractivity contribution in [3.63, 3.8) is 0 Å². The summed E-state index contributed by atoms with van der Waals surface area (Å²) in [5.74, 6) is -0.290. The largest absolute Gasteiger partial charge is 0.459 e. The van der Waals surface area contributed by atoms with Crippen LogP contribution in [-0.4, -0.2) is 35.8 Å². The van der Waals surface area contributed by atoms with Crippen LogP contribution < -0.4 is 5.32 Å². The molecule has 2 amide bonds. The third-order valence-electron chi connectivity index (χ3n) is 3.19. The third-order valence-corrected chi connectivity index (χ3v) is 3.19. The fourth-order valence-electron chi connectivity index (χ4n) is 2.24. The normalized spacial score (nSPS) is 11.1. The van der Waals surface area contributed by atoms with E-state index in [0.717, 1.165) is 11.1 Å². The van der Waals surface area contributed by atoms with Crippen molar-refractivity contribution in [2.24, 2.45) is 0 Å². The van der Waals surface area contributed by atoms with Gasteiger partial charge in [-0.3, -0.25) is 9.59 Å². The van der Waals surface area contributed by atoms with Crippen LogP contribution in [0.4, 0.5) is 0 Å². The van der Waals surface area contributed by atoms with Crippen molar-refractivity contribution in [3.8, 4) is 11.1 Å². The second-order valence-corrected chi connectivity index (χ2v) is 6.49. The van der Waals surface area contributed by atoms with Crippen molar-refractivity contribution in [3.05, 3.63) is 48.4 Å². The minimum atomic E-state index is -0.332. The topological polar surface area (TPSA) is 62.6 Å². The molecule has 122 valence electrons. The quantitative estimate of drug-likeness (QED) is 0.944. The Hall–Kier alpha value is -2.56. The second-order valence-electron chi connectivity index (χ2n) is 6.49. The van der Waals surface area contributed by atoms with Crippen LogP contribution in [0.2, 0.25) is 0 Å². The summed E-state index contributed by atoms with van der Waals surface area (Å²) in [5.41, 5.74) is 1.29. The van der Waals surface area contributed by atoms with Gasteiger partial charge in [-0.15, -0.1) is 0 Å². The molecule has 0 aliphatic carbocycles. The maximum atomic E-state index is 12.6. The van der Waals surface area contributed by atoms with Crippen LogP contribution in [0, 0.1) is 0 Å². The van der Waals surface area contributed by atoms with Crippen molar-refractivity contribution in [2.45, 2.75) is 26.3 Å². The molecule has 0 fully saturated rings. The molecule has 1 N–H and O–H groups in total. The average molecular weight is 314 g/mol. The molecule has 0 saturated carbocycles. The molecule has 1 aromatic carbocycles. The number of likely N-dealkylation sites (N-methyl/N-ethyl adjacent to an activating group) is 1. The summed E-state index contributed by atoms with van der Waals surface area (Å²) in [7, 11) is 1.59. The van der Waals surface area contributed by atoms with E-state index in [2.05, 4.69) is 5.32 Å². The summed E-state index contributed by atoms with van der Waals surface area (Å²) in [4.78, 5) is 25.9. The van der Waals surface area contributed by atoms with Crippen LogP contribution in [-0.2, 0) is 4.79 Å². The molecule has 0 unspecified atom stereocenters. The Labute approximate surface area is 136 Å². The lowest BCUT2D eigenvalue weighted by molar-refractivity contribution is -0.122. The summed E-state index contributed by atoms with van der Waals surface area (Å²) in [6.07, 6.45) is 1.48. The molecule has 0 aliphatic rings. The molecule has 2 aromatic rings. The summed E-state index contributed by atoms with van der Waals surface area (Å²) in [5, 5.41) is 2.83. The van der Waals surface area contributed by atoms with Gasteiger partial charge in [0.1, 0.15) is 0 Å². The summed E-state index contributed by atoms with van der Waals surface area (Å²) in [6, 6.07) is 11.3. The third kappa shape index (κ3) is 4.45.